The fourth-order valence-electron chi connectivity index (χ4n) is 2.78. The van der Waals surface area contributed by atoms with E-state index in [-0.39, 0.29) is 17.3 Å². The summed E-state index contributed by atoms with van der Waals surface area (Å²) in [5.41, 5.74) is 2.92. The van der Waals surface area contributed by atoms with Crippen LogP contribution in [0.4, 0.5) is 0 Å². The average Bonchev–Trinajstić information content (AvgIpc) is 2.45. The van der Waals surface area contributed by atoms with Gasteiger partial charge in [-0.1, -0.05) is 51.0 Å². The first kappa shape index (κ1) is 17.5. The highest BCUT2D eigenvalue weighted by molar-refractivity contribution is 5.22. The van der Waals surface area contributed by atoms with E-state index < -0.39 is 0 Å². The van der Waals surface area contributed by atoms with Crippen molar-refractivity contribution in [3.05, 3.63) is 23.3 Å². The molecule has 0 heterocycles. The summed E-state index contributed by atoms with van der Waals surface area (Å²) in [6.45, 7) is 11.2. The van der Waals surface area contributed by atoms with E-state index in [9.17, 15) is 5.26 Å². The summed E-state index contributed by atoms with van der Waals surface area (Å²) in [6.07, 6.45) is 8.21. The third-order valence-corrected chi connectivity index (χ3v) is 4.89. The molecule has 2 heteroatoms. The standard InChI is InChI=1S/C19H28N2/c1-14(2)15(3)7-6-10-19(4,5)18-9-8-16(12-20)17(11-18)13-21/h7,9,14,16-17H,6,8,10-11H2,1-5H3/b15-7+. The first-order valence-electron chi connectivity index (χ1n) is 7.97. The predicted octanol–water partition coefficient (Wildman–Crippen LogP) is 5.39. The molecule has 2 atom stereocenters. The number of allylic oxidation sites excluding steroid dienone is 4. The minimum atomic E-state index is -0.137. The number of hydrogen-bond donors (Lipinski definition) is 0. The van der Waals surface area contributed by atoms with Gasteiger partial charge in [0.05, 0.1) is 24.0 Å². The van der Waals surface area contributed by atoms with Gasteiger partial charge < -0.3 is 0 Å². The molecule has 114 valence electrons. The van der Waals surface area contributed by atoms with Crippen LogP contribution in [-0.2, 0) is 0 Å². The second-order valence-electron chi connectivity index (χ2n) is 7.17. The lowest BCUT2D eigenvalue weighted by Gasteiger charge is -2.33. The van der Waals surface area contributed by atoms with Crippen molar-refractivity contribution < 1.29 is 0 Å². The van der Waals surface area contributed by atoms with E-state index in [0.29, 0.717) is 5.92 Å². The van der Waals surface area contributed by atoms with Gasteiger partial charge in [0.1, 0.15) is 0 Å². The third-order valence-electron chi connectivity index (χ3n) is 4.89. The summed E-state index contributed by atoms with van der Waals surface area (Å²) in [7, 11) is 0. The monoisotopic (exact) mass is 284 g/mol. The van der Waals surface area contributed by atoms with E-state index in [1.54, 1.807) is 0 Å². The van der Waals surface area contributed by atoms with Gasteiger partial charge in [0.25, 0.3) is 0 Å². The normalized spacial score (nSPS) is 23.4. The molecular formula is C19H28N2. The van der Waals surface area contributed by atoms with Gasteiger partial charge in [-0.3, -0.25) is 0 Å². The maximum atomic E-state index is 9.25. The second-order valence-corrected chi connectivity index (χ2v) is 7.17. The molecule has 0 aliphatic heterocycles. The zero-order chi connectivity index (χ0) is 16.0. The van der Waals surface area contributed by atoms with Crippen LogP contribution in [0.5, 0.6) is 0 Å². The van der Waals surface area contributed by atoms with Crippen molar-refractivity contribution in [1.82, 2.24) is 0 Å². The molecule has 0 aromatic carbocycles. The molecule has 0 aromatic heterocycles. The molecule has 0 saturated carbocycles. The van der Waals surface area contributed by atoms with E-state index in [1.165, 1.54) is 11.1 Å². The minimum Gasteiger partial charge on any atom is -0.198 e. The smallest absolute Gasteiger partial charge is 0.0673 e. The predicted molar refractivity (Wildman–Crippen MR) is 87.1 cm³/mol. The van der Waals surface area contributed by atoms with Crippen molar-refractivity contribution in [2.24, 2.45) is 23.2 Å². The molecular weight excluding hydrogens is 256 g/mol. The van der Waals surface area contributed by atoms with E-state index >= 15 is 0 Å². The van der Waals surface area contributed by atoms with Crippen LogP contribution in [0.2, 0.25) is 0 Å². The molecule has 1 aliphatic rings. The summed E-state index contributed by atoms with van der Waals surface area (Å²) in [5, 5.41) is 18.3. The van der Waals surface area contributed by atoms with E-state index in [4.69, 9.17) is 5.26 Å². The molecule has 0 radical (unpaired) electrons. The lowest BCUT2D eigenvalue weighted by molar-refractivity contribution is 0.350. The van der Waals surface area contributed by atoms with Crippen molar-refractivity contribution in [1.29, 1.82) is 10.5 Å². The van der Waals surface area contributed by atoms with Gasteiger partial charge in [0, 0.05) is 0 Å². The lowest BCUT2D eigenvalue weighted by atomic mass is 9.70. The highest BCUT2D eigenvalue weighted by Crippen LogP contribution is 2.41. The van der Waals surface area contributed by atoms with Crippen LogP contribution in [-0.4, -0.2) is 0 Å². The number of hydrogen-bond acceptors (Lipinski definition) is 2. The quantitative estimate of drug-likeness (QED) is 0.635. The Kier molecular flexibility index (Phi) is 6.22. The van der Waals surface area contributed by atoms with Gasteiger partial charge >= 0.3 is 0 Å². The number of nitriles is 2. The second kappa shape index (κ2) is 7.46. The third kappa shape index (κ3) is 4.75. The Morgan fingerprint density at radius 1 is 1.33 bits per heavy atom. The lowest BCUT2D eigenvalue weighted by Crippen LogP contribution is -2.24. The van der Waals surface area contributed by atoms with Gasteiger partial charge in [-0.25, -0.2) is 0 Å². The molecule has 0 spiro atoms. The van der Waals surface area contributed by atoms with Crippen molar-refractivity contribution in [3.63, 3.8) is 0 Å². The molecule has 0 N–H and O–H groups in total. The van der Waals surface area contributed by atoms with E-state index in [1.807, 2.05) is 0 Å². The summed E-state index contributed by atoms with van der Waals surface area (Å²) in [4.78, 5) is 0. The van der Waals surface area contributed by atoms with Gasteiger partial charge in [-0.05, 0) is 43.9 Å². The summed E-state index contributed by atoms with van der Waals surface area (Å²) < 4.78 is 0. The highest BCUT2D eigenvalue weighted by Gasteiger charge is 2.32. The van der Waals surface area contributed by atoms with Crippen LogP contribution in [0.15, 0.2) is 23.3 Å². The molecule has 21 heavy (non-hydrogen) atoms. The molecule has 0 fully saturated rings. The average molecular weight is 284 g/mol. The fourth-order valence-corrected chi connectivity index (χ4v) is 2.78. The largest absolute Gasteiger partial charge is 0.198 e. The van der Waals surface area contributed by atoms with Crippen LogP contribution in [0.1, 0.15) is 60.3 Å². The SMILES string of the molecule is C/C(=C\CCC(C)(C)C1=CCC(C#N)C(C#N)C1)C(C)C. The van der Waals surface area contributed by atoms with Crippen LogP contribution in [0.3, 0.4) is 0 Å². The Labute approximate surface area is 130 Å². The molecule has 0 amide bonds. The van der Waals surface area contributed by atoms with Gasteiger partial charge in [-0.15, -0.1) is 0 Å². The fraction of sp³-hybridized carbons (Fsp3) is 0.684. The van der Waals surface area contributed by atoms with Crippen LogP contribution >= 0.6 is 0 Å². The van der Waals surface area contributed by atoms with Crippen LogP contribution in [0, 0.1) is 45.8 Å². The van der Waals surface area contributed by atoms with Crippen molar-refractivity contribution in [2.45, 2.75) is 60.3 Å². The Balaban J connectivity index is 2.71. The Hall–Kier alpha value is -1.54. The van der Waals surface area contributed by atoms with Crippen molar-refractivity contribution >= 4 is 0 Å². The van der Waals surface area contributed by atoms with Crippen molar-refractivity contribution in [2.75, 3.05) is 0 Å². The maximum Gasteiger partial charge on any atom is 0.0673 e. The molecule has 0 bridgehead atoms. The molecule has 2 nitrogen and oxygen atoms in total. The molecule has 2 unspecified atom stereocenters. The number of rotatable bonds is 5. The Bertz CT molecular complexity index is 495. The first-order valence-corrected chi connectivity index (χ1v) is 7.97. The Morgan fingerprint density at radius 2 is 1.95 bits per heavy atom. The van der Waals surface area contributed by atoms with E-state index in [2.05, 4.69) is 58.9 Å². The molecule has 0 aromatic rings. The van der Waals surface area contributed by atoms with Gasteiger partial charge in [0.2, 0.25) is 0 Å². The van der Waals surface area contributed by atoms with Crippen LogP contribution < -0.4 is 0 Å². The molecule has 0 saturated heterocycles. The summed E-state index contributed by atoms with van der Waals surface area (Å²) in [6, 6.07) is 4.59. The summed E-state index contributed by atoms with van der Waals surface area (Å²) in [5.74, 6) is 0.348. The first-order chi connectivity index (χ1) is 9.81. The molecule has 1 rings (SSSR count). The minimum absolute atomic E-state index is 0.114. The highest BCUT2D eigenvalue weighted by atomic mass is 14.4. The van der Waals surface area contributed by atoms with Gasteiger partial charge in [0.15, 0.2) is 0 Å². The van der Waals surface area contributed by atoms with Gasteiger partial charge in [-0.2, -0.15) is 10.5 Å². The maximum absolute atomic E-state index is 9.25. The Morgan fingerprint density at radius 3 is 2.48 bits per heavy atom. The zero-order valence-electron chi connectivity index (χ0n) is 14.1. The summed E-state index contributed by atoms with van der Waals surface area (Å²) >= 11 is 0. The van der Waals surface area contributed by atoms with E-state index in [0.717, 1.165) is 25.7 Å². The topological polar surface area (TPSA) is 47.6 Å². The van der Waals surface area contributed by atoms with Crippen LogP contribution in [0.25, 0.3) is 0 Å². The zero-order valence-corrected chi connectivity index (χ0v) is 14.1. The molecule has 1 aliphatic carbocycles. The number of nitrogens with zero attached hydrogens (tertiary/aromatic N) is 2. The van der Waals surface area contributed by atoms with Crippen molar-refractivity contribution in [3.8, 4) is 12.1 Å².